The third-order valence-corrected chi connectivity index (χ3v) is 2.32. The molecule has 0 atom stereocenters. The van der Waals surface area contributed by atoms with Gasteiger partial charge in [-0.1, -0.05) is 13.3 Å². The van der Waals surface area contributed by atoms with Crippen molar-refractivity contribution < 1.29 is 9.53 Å². The fraction of sp³-hybridized carbons (Fsp3) is 0.857. The van der Waals surface area contributed by atoms with Crippen LogP contribution in [0.5, 0.6) is 0 Å². The lowest BCUT2D eigenvalue weighted by Gasteiger charge is -2.27. The lowest BCUT2D eigenvalue weighted by molar-refractivity contribution is 0.0476. The number of carbonyl (C=O) groups excluding carboxylic acids is 1. The Balaban J connectivity index is 4.23. The van der Waals surface area contributed by atoms with Gasteiger partial charge in [0.1, 0.15) is 5.60 Å². The predicted molar refractivity (Wildman–Crippen MR) is 82.8 cm³/mol. The third kappa shape index (κ3) is 10.5. The topological polar surface area (TPSA) is 88.7 Å². The first-order valence-electron chi connectivity index (χ1n) is 7.11. The zero-order valence-corrected chi connectivity index (χ0v) is 13.7. The Hall–Kier alpha value is -1.46. The Morgan fingerprint density at radius 1 is 1.25 bits per heavy atom. The molecule has 0 rings (SSSR count). The molecule has 0 saturated carbocycles. The molecule has 0 aliphatic rings. The number of rotatable bonds is 6. The van der Waals surface area contributed by atoms with Crippen LogP contribution in [-0.2, 0) is 4.74 Å². The van der Waals surface area contributed by atoms with Crippen molar-refractivity contribution in [3.8, 4) is 0 Å². The number of carbonyl (C=O) groups is 1. The fourth-order valence-electron chi connectivity index (χ4n) is 1.35. The molecule has 6 nitrogen and oxygen atoms in total. The highest BCUT2D eigenvalue weighted by Gasteiger charge is 2.24. The van der Waals surface area contributed by atoms with Crippen LogP contribution in [0.3, 0.4) is 0 Å². The zero-order chi connectivity index (χ0) is 15.8. The summed E-state index contributed by atoms with van der Waals surface area (Å²) in [6.07, 6.45) is 1.71. The molecule has 0 aliphatic carbocycles. The van der Waals surface area contributed by atoms with Crippen molar-refractivity contribution in [1.82, 2.24) is 10.6 Å². The Morgan fingerprint density at radius 2 is 1.85 bits per heavy atom. The predicted octanol–water partition coefficient (Wildman–Crippen LogP) is 1.99. The van der Waals surface area contributed by atoms with Gasteiger partial charge in [-0.05, 0) is 41.0 Å². The normalized spacial score (nSPS) is 13.0. The highest BCUT2D eigenvalue weighted by Crippen LogP contribution is 2.09. The van der Waals surface area contributed by atoms with Gasteiger partial charge in [-0.25, -0.2) is 4.79 Å². The van der Waals surface area contributed by atoms with Gasteiger partial charge in [0, 0.05) is 6.54 Å². The molecule has 20 heavy (non-hydrogen) atoms. The molecule has 0 radical (unpaired) electrons. The highest BCUT2D eigenvalue weighted by atomic mass is 16.6. The van der Waals surface area contributed by atoms with Gasteiger partial charge in [0.15, 0.2) is 5.96 Å². The van der Waals surface area contributed by atoms with Gasteiger partial charge >= 0.3 is 6.09 Å². The molecule has 0 aromatic rings. The first kappa shape index (κ1) is 18.5. The summed E-state index contributed by atoms with van der Waals surface area (Å²) < 4.78 is 5.21. The maximum absolute atomic E-state index is 11.7. The van der Waals surface area contributed by atoms with Crippen LogP contribution in [0.1, 0.15) is 54.4 Å². The zero-order valence-electron chi connectivity index (χ0n) is 13.7. The molecular weight excluding hydrogens is 256 g/mol. The van der Waals surface area contributed by atoms with Crippen LogP contribution in [0, 0.1) is 0 Å². The van der Waals surface area contributed by atoms with E-state index in [-0.39, 0.29) is 0 Å². The highest BCUT2D eigenvalue weighted by molar-refractivity contribution is 5.77. The number of ether oxygens (including phenoxy) is 1. The Labute approximate surface area is 122 Å². The summed E-state index contributed by atoms with van der Waals surface area (Å²) in [4.78, 5) is 15.9. The summed E-state index contributed by atoms with van der Waals surface area (Å²) in [7, 11) is 0. The minimum Gasteiger partial charge on any atom is -0.444 e. The van der Waals surface area contributed by atoms with Gasteiger partial charge < -0.3 is 21.1 Å². The standard InChI is InChI=1S/C14H30N4O2/c1-7-8-9-16-11(15)17-10-14(5,6)18-12(19)20-13(2,3)4/h7-10H2,1-6H3,(H,18,19)(H3,15,16,17). The Morgan fingerprint density at radius 3 is 2.35 bits per heavy atom. The molecule has 0 aromatic heterocycles. The second kappa shape index (κ2) is 7.97. The lowest BCUT2D eigenvalue weighted by Crippen LogP contribution is -2.48. The van der Waals surface area contributed by atoms with Crippen LogP contribution in [0.25, 0.3) is 0 Å². The van der Waals surface area contributed by atoms with E-state index in [4.69, 9.17) is 10.5 Å². The number of unbranched alkanes of at least 4 members (excludes halogenated alkanes) is 1. The summed E-state index contributed by atoms with van der Waals surface area (Å²) in [6.45, 7) is 12.5. The minimum atomic E-state index is -0.514. The smallest absolute Gasteiger partial charge is 0.408 e. The molecule has 0 aliphatic heterocycles. The first-order valence-corrected chi connectivity index (χ1v) is 7.11. The molecule has 1 amide bonds. The first-order chi connectivity index (χ1) is 9.06. The molecule has 118 valence electrons. The van der Waals surface area contributed by atoms with Crippen LogP contribution < -0.4 is 16.4 Å². The van der Waals surface area contributed by atoms with Crippen molar-refractivity contribution in [2.75, 3.05) is 13.1 Å². The van der Waals surface area contributed by atoms with Gasteiger partial charge in [0.2, 0.25) is 0 Å². The molecule has 0 fully saturated rings. The van der Waals surface area contributed by atoms with E-state index in [1.807, 2.05) is 34.6 Å². The van der Waals surface area contributed by atoms with Crippen molar-refractivity contribution in [3.63, 3.8) is 0 Å². The average Bonchev–Trinajstić information content (AvgIpc) is 2.23. The molecule has 0 spiro atoms. The largest absolute Gasteiger partial charge is 0.444 e. The van der Waals surface area contributed by atoms with Crippen LogP contribution in [-0.4, -0.2) is 36.3 Å². The minimum absolute atomic E-state index is 0.386. The molecule has 0 aromatic carbocycles. The van der Waals surface area contributed by atoms with Crippen molar-refractivity contribution in [2.24, 2.45) is 10.7 Å². The van der Waals surface area contributed by atoms with Crippen LogP contribution >= 0.6 is 0 Å². The van der Waals surface area contributed by atoms with Crippen LogP contribution in [0.2, 0.25) is 0 Å². The lowest BCUT2D eigenvalue weighted by atomic mass is 10.1. The van der Waals surface area contributed by atoms with E-state index in [9.17, 15) is 4.79 Å². The van der Waals surface area contributed by atoms with Crippen molar-refractivity contribution >= 4 is 12.1 Å². The molecule has 0 saturated heterocycles. The van der Waals surface area contributed by atoms with E-state index in [0.29, 0.717) is 12.5 Å². The molecule has 4 N–H and O–H groups in total. The van der Waals surface area contributed by atoms with E-state index in [1.54, 1.807) is 0 Å². The van der Waals surface area contributed by atoms with Crippen LogP contribution in [0.4, 0.5) is 4.79 Å². The van der Waals surface area contributed by atoms with Crippen molar-refractivity contribution in [1.29, 1.82) is 0 Å². The van der Waals surface area contributed by atoms with E-state index >= 15 is 0 Å². The van der Waals surface area contributed by atoms with Crippen LogP contribution in [0.15, 0.2) is 4.99 Å². The third-order valence-electron chi connectivity index (χ3n) is 2.32. The maximum atomic E-state index is 11.7. The van der Waals surface area contributed by atoms with Gasteiger partial charge in [-0.2, -0.15) is 0 Å². The molecule has 6 heteroatoms. The fourth-order valence-corrected chi connectivity index (χ4v) is 1.35. The maximum Gasteiger partial charge on any atom is 0.408 e. The second-order valence-corrected chi connectivity index (χ2v) is 6.49. The SMILES string of the molecule is CCCCNC(N)=NCC(C)(C)NC(=O)OC(C)(C)C. The Bertz CT molecular complexity index is 333. The van der Waals surface area contributed by atoms with E-state index in [0.717, 1.165) is 19.4 Å². The quantitative estimate of drug-likeness (QED) is 0.396. The number of guanidine groups is 1. The molecule has 0 heterocycles. The number of nitrogens with two attached hydrogens (primary N) is 1. The summed E-state index contributed by atoms with van der Waals surface area (Å²) in [6, 6.07) is 0. The molecule has 0 unspecified atom stereocenters. The van der Waals surface area contributed by atoms with Gasteiger partial charge in [-0.15, -0.1) is 0 Å². The summed E-state index contributed by atoms with van der Waals surface area (Å²) >= 11 is 0. The second-order valence-electron chi connectivity index (χ2n) is 6.49. The number of amides is 1. The van der Waals surface area contributed by atoms with Crippen molar-refractivity contribution in [2.45, 2.75) is 65.5 Å². The summed E-state index contributed by atoms with van der Waals surface area (Å²) in [5.74, 6) is 0.400. The molecular formula is C14H30N4O2. The summed E-state index contributed by atoms with van der Waals surface area (Å²) in [5.41, 5.74) is 4.72. The van der Waals surface area contributed by atoms with E-state index in [1.165, 1.54) is 0 Å². The van der Waals surface area contributed by atoms with Gasteiger partial charge in [0.25, 0.3) is 0 Å². The Kier molecular flexibility index (Phi) is 7.39. The summed E-state index contributed by atoms with van der Waals surface area (Å²) in [5, 5.41) is 5.82. The number of aliphatic imine (C=N–C) groups is 1. The average molecular weight is 286 g/mol. The van der Waals surface area contributed by atoms with E-state index < -0.39 is 17.2 Å². The number of hydrogen-bond donors (Lipinski definition) is 3. The number of nitrogens with zero attached hydrogens (tertiary/aromatic N) is 1. The van der Waals surface area contributed by atoms with Gasteiger partial charge in [-0.3, -0.25) is 4.99 Å². The van der Waals surface area contributed by atoms with Gasteiger partial charge in [0.05, 0.1) is 12.1 Å². The molecule has 0 bridgehead atoms. The van der Waals surface area contributed by atoms with E-state index in [2.05, 4.69) is 22.5 Å². The number of nitrogens with one attached hydrogen (secondary N) is 2. The number of hydrogen-bond acceptors (Lipinski definition) is 3. The van der Waals surface area contributed by atoms with Crippen molar-refractivity contribution in [3.05, 3.63) is 0 Å². The monoisotopic (exact) mass is 286 g/mol. The number of alkyl carbamates (subject to hydrolysis) is 1.